The molecule has 1 aromatic carbocycles. The van der Waals surface area contributed by atoms with Crippen LogP contribution in [-0.2, 0) is 4.74 Å². The van der Waals surface area contributed by atoms with E-state index in [1.165, 1.54) is 11.3 Å². The Labute approximate surface area is 169 Å². The van der Waals surface area contributed by atoms with Crippen LogP contribution in [0.25, 0.3) is 10.6 Å². The molecule has 1 aliphatic rings. The summed E-state index contributed by atoms with van der Waals surface area (Å²) in [7, 11) is 0. The fraction of sp³-hybridized carbons (Fsp3) is 0.211. The lowest BCUT2D eigenvalue weighted by Gasteiger charge is -2.27. The minimum atomic E-state index is -0.228. The first-order valence-electron chi connectivity index (χ1n) is 8.50. The van der Waals surface area contributed by atoms with Crippen LogP contribution in [0.15, 0.2) is 52.4 Å². The quantitative estimate of drug-likeness (QED) is 0.656. The molecule has 27 heavy (non-hydrogen) atoms. The summed E-state index contributed by atoms with van der Waals surface area (Å²) in [4.78, 5) is 23.6. The Bertz CT molecular complexity index is 939. The molecule has 0 aliphatic carbocycles. The minimum absolute atomic E-state index is 0.228. The number of nitrogens with one attached hydrogen (secondary N) is 1. The van der Waals surface area contributed by atoms with Crippen molar-refractivity contribution in [3.8, 4) is 10.6 Å². The van der Waals surface area contributed by atoms with E-state index >= 15 is 0 Å². The maximum Gasteiger partial charge on any atom is 0.275 e. The fourth-order valence-corrected chi connectivity index (χ4v) is 3.95. The van der Waals surface area contributed by atoms with E-state index in [1.807, 2.05) is 36.4 Å². The Morgan fingerprint density at radius 1 is 1.22 bits per heavy atom. The maximum atomic E-state index is 12.4. The number of anilines is 2. The van der Waals surface area contributed by atoms with E-state index in [2.05, 4.69) is 36.1 Å². The summed E-state index contributed by atoms with van der Waals surface area (Å²) in [5.74, 6) is 0.708. The summed E-state index contributed by atoms with van der Waals surface area (Å²) in [5.41, 5.74) is 2.02. The topological polar surface area (TPSA) is 67.4 Å². The van der Waals surface area contributed by atoms with Crippen LogP contribution >= 0.6 is 27.3 Å². The highest BCUT2D eigenvalue weighted by Gasteiger charge is 2.15. The van der Waals surface area contributed by atoms with E-state index in [4.69, 9.17) is 4.74 Å². The van der Waals surface area contributed by atoms with Crippen molar-refractivity contribution in [2.75, 3.05) is 36.5 Å². The number of carbonyl (C=O) groups excluding carboxylic acids is 1. The predicted molar refractivity (Wildman–Crippen MR) is 110 cm³/mol. The van der Waals surface area contributed by atoms with E-state index in [0.29, 0.717) is 5.69 Å². The number of rotatable bonds is 4. The number of thiazole rings is 1. The fourth-order valence-electron chi connectivity index (χ4n) is 2.76. The van der Waals surface area contributed by atoms with Gasteiger partial charge in [0.05, 0.1) is 13.2 Å². The van der Waals surface area contributed by atoms with Crippen LogP contribution in [0.3, 0.4) is 0 Å². The first kappa shape index (κ1) is 18.1. The first-order chi connectivity index (χ1) is 13.2. The van der Waals surface area contributed by atoms with Crippen LogP contribution in [0.2, 0.25) is 0 Å². The number of carbonyl (C=O) groups is 1. The second-order valence-electron chi connectivity index (χ2n) is 6.01. The van der Waals surface area contributed by atoms with Crippen LogP contribution in [0, 0.1) is 0 Å². The number of amides is 1. The third kappa shape index (κ3) is 4.35. The summed E-state index contributed by atoms with van der Waals surface area (Å²) < 4.78 is 6.28. The van der Waals surface area contributed by atoms with Crippen LogP contribution in [0.1, 0.15) is 10.5 Å². The molecular formula is C19H17BrN4O2S. The summed E-state index contributed by atoms with van der Waals surface area (Å²) in [5, 5.41) is 5.39. The molecule has 4 rings (SSSR count). The zero-order valence-corrected chi connectivity index (χ0v) is 16.8. The third-order valence-corrected chi connectivity index (χ3v) is 5.53. The first-order valence-corrected chi connectivity index (χ1v) is 10.2. The average molecular weight is 445 g/mol. The van der Waals surface area contributed by atoms with Crippen molar-refractivity contribution in [2.24, 2.45) is 0 Å². The molecule has 8 heteroatoms. The summed E-state index contributed by atoms with van der Waals surface area (Å²) in [6.45, 7) is 3.16. The van der Waals surface area contributed by atoms with Crippen molar-refractivity contribution in [2.45, 2.75) is 0 Å². The highest BCUT2D eigenvalue weighted by Crippen LogP contribution is 2.25. The van der Waals surface area contributed by atoms with E-state index < -0.39 is 0 Å². The number of hydrogen-bond acceptors (Lipinski definition) is 6. The molecule has 138 valence electrons. The van der Waals surface area contributed by atoms with Crippen molar-refractivity contribution in [1.82, 2.24) is 9.97 Å². The Kier molecular flexibility index (Phi) is 5.47. The van der Waals surface area contributed by atoms with Crippen molar-refractivity contribution >= 4 is 44.7 Å². The average Bonchev–Trinajstić information content (AvgIpc) is 3.19. The highest BCUT2D eigenvalue weighted by atomic mass is 79.9. The van der Waals surface area contributed by atoms with Gasteiger partial charge >= 0.3 is 0 Å². The highest BCUT2D eigenvalue weighted by molar-refractivity contribution is 9.10. The molecule has 0 atom stereocenters. The number of morpholine rings is 1. The van der Waals surface area contributed by atoms with Gasteiger partial charge in [0.25, 0.3) is 5.91 Å². The molecule has 0 saturated carbocycles. The van der Waals surface area contributed by atoms with Gasteiger partial charge in [0, 0.05) is 40.4 Å². The number of aromatic nitrogens is 2. The number of benzene rings is 1. The Morgan fingerprint density at radius 2 is 2.07 bits per heavy atom. The summed E-state index contributed by atoms with van der Waals surface area (Å²) >= 11 is 4.83. The van der Waals surface area contributed by atoms with Gasteiger partial charge in [0.2, 0.25) is 0 Å². The van der Waals surface area contributed by atoms with Crippen molar-refractivity contribution in [1.29, 1.82) is 0 Å². The lowest BCUT2D eigenvalue weighted by atomic mass is 10.3. The van der Waals surface area contributed by atoms with Crippen LogP contribution in [-0.4, -0.2) is 42.2 Å². The third-order valence-electron chi connectivity index (χ3n) is 4.15. The van der Waals surface area contributed by atoms with Gasteiger partial charge in [-0.05, 0) is 30.3 Å². The summed E-state index contributed by atoms with van der Waals surface area (Å²) in [6, 6.07) is 11.4. The monoisotopic (exact) mass is 444 g/mol. The van der Waals surface area contributed by atoms with Gasteiger partial charge in [0.15, 0.2) is 0 Å². The SMILES string of the molecule is O=C(Nc1cccc(Br)c1)c1csc(-c2ccc(N3CCOCC3)nc2)n1. The summed E-state index contributed by atoms with van der Waals surface area (Å²) in [6.07, 6.45) is 1.81. The molecule has 6 nitrogen and oxygen atoms in total. The molecule has 3 heterocycles. The number of hydrogen-bond donors (Lipinski definition) is 1. The predicted octanol–water partition coefficient (Wildman–Crippen LogP) is 4.06. The van der Waals surface area contributed by atoms with Gasteiger partial charge in [-0.1, -0.05) is 22.0 Å². The zero-order chi connectivity index (χ0) is 18.6. The smallest absolute Gasteiger partial charge is 0.275 e. The number of ether oxygens (including phenoxy) is 1. The standard InChI is InChI=1S/C19H17BrN4O2S/c20-14-2-1-3-15(10-14)22-18(25)16-12-27-19(23-16)13-4-5-17(21-11-13)24-6-8-26-9-7-24/h1-5,10-12H,6-9H2,(H,22,25). The van der Waals surface area contributed by atoms with Crippen molar-refractivity contribution in [3.63, 3.8) is 0 Å². The molecule has 0 spiro atoms. The number of pyridine rings is 1. The number of halogens is 1. The van der Waals surface area contributed by atoms with E-state index in [1.54, 1.807) is 11.6 Å². The molecule has 1 N–H and O–H groups in total. The number of nitrogens with zero attached hydrogens (tertiary/aromatic N) is 3. The molecular weight excluding hydrogens is 428 g/mol. The molecule has 1 saturated heterocycles. The molecule has 1 fully saturated rings. The largest absolute Gasteiger partial charge is 0.378 e. The van der Waals surface area contributed by atoms with Gasteiger partial charge in [-0.25, -0.2) is 9.97 Å². The molecule has 0 radical (unpaired) electrons. The molecule has 3 aromatic rings. The lowest BCUT2D eigenvalue weighted by Crippen LogP contribution is -2.36. The van der Waals surface area contributed by atoms with Gasteiger partial charge < -0.3 is 15.0 Å². The zero-order valence-electron chi connectivity index (χ0n) is 14.4. The second-order valence-corrected chi connectivity index (χ2v) is 7.78. The molecule has 1 aliphatic heterocycles. The van der Waals surface area contributed by atoms with Gasteiger partial charge in [-0.15, -0.1) is 11.3 Å². The van der Waals surface area contributed by atoms with Gasteiger partial charge in [0.1, 0.15) is 16.5 Å². The lowest BCUT2D eigenvalue weighted by molar-refractivity contribution is 0.102. The Balaban J connectivity index is 1.46. The van der Waals surface area contributed by atoms with Crippen LogP contribution in [0.5, 0.6) is 0 Å². The van der Waals surface area contributed by atoms with Crippen LogP contribution in [0.4, 0.5) is 11.5 Å². The maximum absolute atomic E-state index is 12.4. The molecule has 0 unspecified atom stereocenters. The van der Waals surface area contributed by atoms with Crippen LogP contribution < -0.4 is 10.2 Å². The second kappa shape index (κ2) is 8.16. The Hall–Kier alpha value is -2.29. The Morgan fingerprint density at radius 3 is 2.81 bits per heavy atom. The normalized spacial score (nSPS) is 14.2. The minimum Gasteiger partial charge on any atom is -0.378 e. The van der Waals surface area contributed by atoms with E-state index in [9.17, 15) is 4.79 Å². The van der Waals surface area contributed by atoms with E-state index in [-0.39, 0.29) is 5.91 Å². The molecule has 1 amide bonds. The molecule has 0 bridgehead atoms. The van der Waals surface area contributed by atoms with Gasteiger partial charge in [-0.3, -0.25) is 4.79 Å². The van der Waals surface area contributed by atoms with Crippen molar-refractivity contribution in [3.05, 3.63) is 58.1 Å². The van der Waals surface area contributed by atoms with E-state index in [0.717, 1.165) is 52.9 Å². The van der Waals surface area contributed by atoms with Crippen molar-refractivity contribution < 1.29 is 9.53 Å². The van der Waals surface area contributed by atoms with Gasteiger partial charge in [-0.2, -0.15) is 0 Å². The molecule has 2 aromatic heterocycles.